The number of amides is 2. The van der Waals surface area contributed by atoms with E-state index in [-0.39, 0.29) is 24.6 Å². The number of unbranched alkanes of at least 4 members (excludes halogenated alkanes) is 1. The molecule has 0 aromatic carbocycles. The summed E-state index contributed by atoms with van der Waals surface area (Å²) in [7, 11) is 0. The van der Waals surface area contributed by atoms with Gasteiger partial charge in [0.25, 0.3) is 5.91 Å². The van der Waals surface area contributed by atoms with E-state index in [1.165, 1.54) is 6.20 Å². The normalized spacial score (nSPS) is 10.1. The Labute approximate surface area is 108 Å². The van der Waals surface area contributed by atoms with Gasteiger partial charge in [0.05, 0.1) is 6.20 Å². The Morgan fingerprint density at radius 1 is 1.37 bits per heavy atom. The van der Waals surface area contributed by atoms with Crippen LogP contribution in [-0.4, -0.2) is 44.4 Å². The summed E-state index contributed by atoms with van der Waals surface area (Å²) in [4.78, 5) is 32.5. The molecule has 104 valence electrons. The first-order chi connectivity index (χ1) is 8.99. The number of carboxylic acid groups (broad SMARTS) is 1. The Morgan fingerprint density at radius 2 is 2.11 bits per heavy atom. The fourth-order valence-electron chi connectivity index (χ4n) is 1.34. The lowest BCUT2D eigenvalue weighted by Crippen LogP contribution is -2.25. The van der Waals surface area contributed by atoms with Crippen molar-refractivity contribution in [1.29, 1.82) is 0 Å². The topological polar surface area (TPSA) is 140 Å². The Morgan fingerprint density at radius 3 is 2.74 bits per heavy atom. The molecule has 2 amide bonds. The zero-order valence-corrected chi connectivity index (χ0v) is 10.2. The molecule has 9 heteroatoms. The number of aromatic nitrogens is 3. The monoisotopic (exact) mass is 269 g/mol. The number of carbonyl (C=O) groups excluding carboxylic acids is 2. The van der Waals surface area contributed by atoms with Crippen LogP contribution >= 0.6 is 0 Å². The van der Waals surface area contributed by atoms with E-state index in [4.69, 9.17) is 10.8 Å². The van der Waals surface area contributed by atoms with Gasteiger partial charge in [-0.1, -0.05) is 5.21 Å². The van der Waals surface area contributed by atoms with Crippen LogP contribution < -0.4 is 11.1 Å². The third-order valence-corrected chi connectivity index (χ3v) is 2.20. The summed E-state index contributed by atoms with van der Waals surface area (Å²) in [5.41, 5.74) is 5.02. The predicted octanol–water partition coefficient (Wildman–Crippen LogP) is -1.25. The van der Waals surface area contributed by atoms with Crippen LogP contribution in [0.2, 0.25) is 0 Å². The van der Waals surface area contributed by atoms with Crippen LogP contribution in [0.3, 0.4) is 0 Å². The Kier molecular flexibility index (Phi) is 5.45. The summed E-state index contributed by atoms with van der Waals surface area (Å²) in [5.74, 6) is -1.87. The van der Waals surface area contributed by atoms with Crippen LogP contribution in [0.15, 0.2) is 6.20 Å². The van der Waals surface area contributed by atoms with E-state index in [2.05, 4.69) is 15.6 Å². The summed E-state index contributed by atoms with van der Waals surface area (Å²) < 4.78 is 1.06. The number of hydrogen-bond donors (Lipinski definition) is 3. The molecule has 9 nitrogen and oxygen atoms in total. The molecule has 0 radical (unpaired) electrons. The van der Waals surface area contributed by atoms with E-state index in [1.54, 1.807) is 0 Å². The van der Waals surface area contributed by atoms with E-state index >= 15 is 0 Å². The summed E-state index contributed by atoms with van der Waals surface area (Å²) in [6, 6.07) is 0. The van der Waals surface area contributed by atoms with Crippen LogP contribution in [0.5, 0.6) is 0 Å². The molecule has 0 aliphatic carbocycles. The molecular weight excluding hydrogens is 254 g/mol. The van der Waals surface area contributed by atoms with Crippen molar-refractivity contribution in [3.8, 4) is 0 Å². The molecule has 1 rings (SSSR count). The van der Waals surface area contributed by atoms with Crippen LogP contribution in [0.1, 0.15) is 29.8 Å². The molecule has 0 aliphatic rings. The van der Waals surface area contributed by atoms with Gasteiger partial charge in [-0.15, -0.1) is 5.10 Å². The highest BCUT2D eigenvalue weighted by Gasteiger charge is 2.11. The molecule has 0 aliphatic heterocycles. The lowest BCUT2D eigenvalue weighted by Gasteiger charge is -2.01. The number of nitrogens with one attached hydrogen (secondary N) is 1. The van der Waals surface area contributed by atoms with Gasteiger partial charge in [0.2, 0.25) is 5.91 Å². The maximum Gasteiger partial charge on any atom is 0.325 e. The van der Waals surface area contributed by atoms with Gasteiger partial charge in [0.1, 0.15) is 6.54 Å². The number of carboxylic acids is 1. The van der Waals surface area contributed by atoms with Gasteiger partial charge in [0, 0.05) is 13.0 Å². The SMILES string of the molecule is NC(=O)CCCCNC(=O)c1cn(CC(=O)O)nn1. The average Bonchev–Trinajstić information content (AvgIpc) is 2.75. The third kappa shape index (κ3) is 5.61. The first kappa shape index (κ1) is 14.6. The fourth-order valence-corrected chi connectivity index (χ4v) is 1.34. The maximum atomic E-state index is 11.6. The van der Waals surface area contributed by atoms with E-state index in [0.29, 0.717) is 19.4 Å². The molecule has 19 heavy (non-hydrogen) atoms. The number of nitrogens with zero attached hydrogens (tertiary/aromatic N) is 3. The zero-order valence-electron chi connectivity index (χ0n) is 10.2. The summed E-state index contributed by atoms with van der Waals surface area (Å²) in [6.07, 6.45) is 2.76. The number of primary amides is 1. The smallest absolute Gasteiger partial charge is 0.325 e. The minimum absolute atomic E-state index is 0.0520. The molecule has 0 unspecified atom stereocenters. The van der Waals surface area contributed by atoms with Crippen molar-refractivity contribution < 1.29 is 19.5 Å². The van der Waals surface area contributed by atoms with Crippen LogP contribution in [0.25, 0.3) is 0 Å². The lowest BCUT2D eigenvalue weighted by atomic mass is 10.2. The van der Waals surface area contributed by atoms with Crippen LogP contribution in [0, 0.1) is 0 Å². The number of rotatable bonds is 8. The van der Waals surface area contributed by atoms with Gasteiger partial charge in [0.15, 0.2) is 5.69 Å². The number of aliphatic carboxylic acids is 1. The Hall–Kier alpha value is -2.45. The molecule has 1 aromatic rings. The summed E-state index contributed by atoms with van der Waals surface area (Å²) in [5, 5.41) is 18.2. The Balaban J connectivity index is 2.31. The largest absolute Gasteiger partial charge is 0.480 e. The molecular formula is C10H15N5O4. The van der Waals surface area contributed by atoms with Crippen molar-refractivity contribution in [2.75, 3.05) is 6.54 Å². The van der Waals surface area contributed by atoms with Gasteiger partial charge >= 0.3 is 5.97 Å². The van der Waals surface area contributed by atoms with E-state index in [1.807, 2.05) is 0 Å². The molecule has 0 atom stereocenters. The minimum atomic E-state index is -1.07. The van der Waals surface area contributed by atoms with E-state index in [0.717, 1.165) is 4.68 Å². The summed E-state index contributed by atoms with van der Waals surface area (Å²) in [6.45, 7) is 0.0385. The molecule has 0 fully saturated rings. The standard InChI is InChI=1S/C10H15N5O4/c11-8(16)3-1-2-4-12-10(19)7-5-15(14-13-7)6-9(17)18/h5H,1-4,6H2,(H2,11,16)(H,12,19)(H,17,18). The number of hydrogen-bond acceptors (Lipinski definition) is 5. The second-order valence-electron chi connectivity index (χ2n) is 3.87. The van der Waals surface area contributed by atoms with Gasteiger partial charge in [-0.25, -0.2) is 4.68 Å². The van der Waals surface area contributed by atoms with Crippen LogP contribution in [-0.2, 0) is 16.1 Å². The third-order valence-electron chi connectivity index (χ3n) is 2.20. The summed E-state index contributed by atoms with van der Waals surface area (Å²) >= 11 is 0. The molecule has 0 bridgehead atoms. The van der Waals surface area contributed by atoms with Crippen molar-refractivity contribution >= 4 is 17.8 Å². The highest BCUT2D eigenvalue weighted by molar-refractivity contribution is 5.91. The van der Waals surface area contributed by atoms with Crippen molar-refractivity contribution in [2.24, 2.45) is 5.73 Å². The molecule has 4 N–H and O–H groups in total. The van der Waals surface area contributed by atoms with Crippen molar-refractivity contribution in [3.63, 3.8) is 0 Å². The number of carbonyl (C=O) groups is 3. The Bertz CT molecular complexity index is 470. The van der Waals surface area contributed by atoms with Gasteiger partial charge in [-0.2, -0.15) is 0 Å². The lowest BCUT2D eigenvalue weighted by molar-refractivity contribution is -0.137. The maximum absolute atomic E-state index is 11.6. The van der Waals surface area contributed by atoms with Crippen molar-refractivity contribution in [3.05, 3.63) is 11.9 Å². The first-order valence-electron chi connectivity index (χ1n) is 5.67. The van der Waals surface area contributed by atoms with E-state index < -0.39 is 11.9 Å². The fraction of sp³-hybridized carbons (Fsp3) is 0.500. The van der Waals surface area contributed by atoms with Gasteiger partial charge in [-0.3, -0.25) is 14.4 Å². The van der Waals surface area contributed by atoms with Gasteiger partial charge in [-0.05, 0) is 12.8 Å². The molecule has 0 saturated carbocycles. The predicted molar refractivity (Wildman–Crippen MR) is 63.0 cm³/mol. The molecule has 0 spiro atoms. The highest BCUT2D eigenvalue weighted by atomic mass is 16.4. The quantitative estimate of drug-likeness (QED) is 0.503. The molecule has 1 heterocycles. The van der Waals surface area contributed by atoms with Gasteiger partial charge < -0.3 is 16.2 Å². The molecule has 0 saturated heterocycles. The van der Waals surface area contributed by atoms with Crippen LogP contribution in [0.4, 0.5) is 0 Å². The first-order valence-corrected chi connectivity index (χ1v) is 5.67. The number of nitrogens with two attached hydrogens (primary N) is 1. The second-order valence-corrected chi connectivity index (χ2v) is 3.87. The molecule has 1 aromatic heterocycles. The van der Waals surface area contributed by atoms with E-state index in [9.17, 15) is 14.4 Å². The van der Waals surface area contributed by atoms with Crippen molar-refractivity contribution in [2.45, 2.75) is 25.8 Å². The highest BCUT2D eigenvalue weighted by Crippen LogP contribution is 1.96. The second kappa shape index (κ2) is 7.09. The minimum Gasteiger partial charge on any atom is -0.480 e. The average molecular weight is 269 g/mol. The zero-order chi connectivity index (χ0) is 14.3. The van der Waals surface area contributed by atoms with Crippen molar-refractivity contribution in [1.82, 2.24) is 20.3 Å².